The Labute approximate surface area is 162 Å². The van der Waals surface area contributed by atoms with E-state index < -0.39 is 15.9 Å². The summed E-state index contributed by atoms with van der Waals surface area (Å²) in [6, 6.07) is 10.7. The normalized spacial score (nSPS) is 13.8. The maximum atomic E-state index is 12.6. The van der Waals surface area contributed by atoms with Crippen LogP contribution in [0, 0.1) is 0 Å². The number of methoxy groups -OCH3 is 1. The molecule has 0 saturated heterocycles. The molecule has 2 N–H and O–H groups in total. The number of rotatable bonds is 5. The van der Waals surface area contributed by atoms with Crippen molar-refractivity contribution in [2.45, 2.75) is 17.7 Å². The lowest BCUT2D eigenvalue weighted by atomic mass is 10.2. The molecule has 0 radical (unpaired) electrons. The van der Waals surface area contributed by atoms with Crippen LogP contribution in [0.25, 0.3) is 0 Å². The minimum Gasteiger partial charge on any atom is -0.496 e. The van der Waals surface area contributed by atoms with Crippen LogP contribution < -0.4 is 14.8 Å². The summed E-state index contributed by atoms with van der Waals surface area (Å²) in [6.45, 7) is 0.620. The Morgan fingerprint density at radius 2 is 2.04 bits per heavy atom. The molecule has 142 valence electrons. The van der Waals surface area contributed by atoms with Crippen LogP contribution in [0.2, 0.25) is 5.02 Å². The summed E-state index contributed by atoms with van der Waals surface area (Å²) in [5.74, 6) is 0.353. The SMILES string of the molecule is COc1ccc(Cl)cc1C(=O)Nc1cccc(S(=O)(=O)NC2=NCCC2)c1. The van der Waals surface area contributed by atoms with Gasteiger partial charge < -0.3 is 10.1 Å². The molecule has 3 rings (SSSR count). The van der Waals surface area contributed by atoms with Crippen LogP contribution in [0.3, 0.4) is 0 Å². The third-order valence-electron chi connectivity index (χ3n) is 3.93. The first-order valence-electron chi connectivity index (χ1n) is 8.20. The minimum absolute atomic E-state index is 0.0351. The first-order chi connectivity index (χ1) is 12.9. The molecule has 0 saturated carbocycles. The van der Waals surface area contributed by atoms with E-state index in [-0.39, 0.29) is 10.5 Å². The van der Waals surface area contributed by atoms with Gasteiger partial charge in [0.1, 0.15) is 11.6 Å². The van der Waals surface area contributed by atoms with E-state index in [9.17, 15) is 13.2 Å². The van der Waals surface area contributed by atoms with E-state index in [0.29, 0.717) is 35.3 Å². The van der Waals surface area contributed by atoms with Gasteiger partial charge in [0.2, 0.25) is 0 Å². The highest BCUT2D eigenvalue weighted by atomic mass is 35.5. The summed E-state index contributed by atoms with van der Waals surface area (Å²) in [5.41, 5.74) is 0.579. The molecule has 27 heavy (non-hydrogen) atoms. The van der Waals surface area contributed by atoms with E-state index in [1.165, 1.54) is 25.3 Å². The van der Waals surface area contributed by atoms with Gasteiger partial charge in [0.15, 0.2) is 0 Å². The molecule has 0 aliphatic carbocycles. The number of halogens is 1. The van der Waals surface area contributed by atoms with Gasteiger partial charge in [-0.1, -0.05) is 17.7 Å². The van der Waals surface area contributed by atoms with Gasteiger partial charge in [0, 0.05) is 23.7 Å². The number of ether oxygens (including phenoxy) is 1. The van der Waals surface area contributed by atoms with E-state index in [1.807, 2.05) is 0 Å². The van der Waals surface area contributed by atoms with Crippen molar-refractivity contribution in [3.05, 3.63) is 53.1 Å². The third kappa shape index (κ3) is 4.58. The molecule has 1 aliphatic rings. The number of anilines is 1. The lowest BCUT2D eigenvalue weighted by Crippen LogP contribution is -2.29. The fourth-order valence-electron chi connectivity index (χ4n) is 2.63. The molecule has 0 aromatic heterocycles. The van der Waals surface area contributed by atoms with E-state index in [4.69, 9.17) is 16.3 Å². The molecule has 2 aromatic carbocycles. The highest BCUT2D eigenvalue weighted by Gasteiger charge is 2.19. The summed E-state index contributed by atoms with van der Waals surface area (Å²) in [4.78, 5) is 16.7. The smallest absolute Gasteiger partial charge is 0.262 e. The molecule has 0 spiro atoms. The Hall–Kier alpha value is -2.58. The van der Waals surface area contributed by atoms with Crippen LogP contribution in [-0.4, -0.2) is 33.8 Å². The Kier molecular flexibility index (Phi) is 5.67. The Morgan fingerprint density at radius 3 is 2.74 bits per heavy atom. The van der Waals surface area contributed by atoms with Crippen LogP contribution >= 0.6 is 11.6 Å². The molecule has 1 aliphatic heterocycles. The number of carbonyl (C=O) groups excluding carboxylic acids is 1. The standard InChI is InChI=1S/C18H18ClN3O4S/c1-26-16-8-7-12(19)10-15(16)18(23)21-13-4-2-5-14(11-13)27(24,25)22-17-6-3-9-20-17/h2,4-5,7-8,10-11H,3,6,9H2,1H3,(H,20,22)(H,21,23). The van der Waals surface area contributed by atoms with Crippen LogP contribution in [0.15, 0.2) is 52.4 Å². The molecule has 0 unspecified atom stereocenters. The van der Waals surface area contributed by atoms with Crippen molar-refractivity contribution >= 4 is 39.1 Å². The molecule has 0 atom stereocenters. The molecule has 9 heteroatoms. The third-order valence-corrected chi connectivity index (χ3v) is 5.55. The number of amides is 1. The summed E-state index contributed by atoms with van der Waals surface area (Å²) < 4.78 is 32.7. The number of hydrogen-bond acceptors (Lipinski definition) is 5. The van der Waals surface area contributed by atoms with Gasteiger partial charge in [-0.15, -0.1) is 0 Å². The number of benzene rings is 2. The van der Waals surface area contributed by atoms with Crippen molar-refractivity contribution in [1.29, 1.82) is 0 Å². The van der Waals surface area contributed by atoms with Gasteiger partial charge in [-0.2, -0.15) is 0 Å². The van der Waals surface area contributed by atoms with Crippen molar-refractivity contribution in [3.63, 3.8) is 0 Å². The fourth-order valence-corrected chi connectivity index (χ4v) is 3.94. The molecule has 2 aromatic rings. The molecular weight excluding hydrogens is 390 g/mol. The van der Waals surface area contributed by atoms with Crippen LogP contribution in [0.4, 0.5) is 5.69 Å². The van der Waals surface area contributed by atoms with Crippen molar-refractivity contribution in [2.75, 3.05) is 19.0 Å². The average Bonchev–Trinajstić information content (AvgIpc) is 3.14. The highest BCUT2D eigenvalue weighted by molar-refractivity contribution is 7.90. The fraction of sp³-hybridized carbons (Fsp3) is 0.222. The predicted molar refractivity (Wildman–Crippen MR) is 104 cm³/mol. The van der Waals surface area contributed by atoms with Crippen LogP contribution in [0.5, 0.6) is 5.75 Å². The van der Waals surface area contributed by atoms with E-state index in [2.05, 4.69) is 15.0 Å². The Bertz CT molecular complexity index is 1010. The van der Waals surface area contributed by atoms with E-state index >= 15 is 0 Å². The van der Waals surface area contributed by atoms with Gasteiger partial charge in [-0.3, -0.25) is 14.5 Å². The number of aliphatic imine (C=N–C) groups is 1. The summed E-state index contributed by atoms with van der Waals surface area (Å²) in [5, 5.41) is 3.05. The minimum atomic E-state index is -3.76. The molecule has 0 fully saturated rings. The van der Waals surface area contributed by atoms with Gasteiger partial charge >= 0.3 is 0 Å². The second-order valence-electron chi connectivity index (χ2n) is 5.86. The first-order valence-corrected chi connectivity index (χ1v) is 10.1. The Balaban J connectivity index is 1.82. The van der Waals surface area contributed by atoms with Crippen LogP contribution in [-0.2, 0) is 10.0 Å². The molecule has 0 bridgehead atoms. The largest absolute Gasteiger partial charge is 0.496 e. The van der Waals surface area contributed by atoms with Crippen LogP contribution in [0.1, 0.15) is 23.2 Å². The van der Waals surface area contributed by atoms with Crippen molar-refractivity contribution in [3.8, 4) is 5.75 Å². The number of nitrogens with one attached hydrogen (secondary N) is 2. The van der Waals surface area contributed by atoms with Crippen molar-refractivity contribution < 1.29 is 17.9 Å². The lowest BCUT2D eigenvalue weighted by Gasteiger charge is -2.12. The zero-order valence-electron chi connectivity index (χ0n) is 14.5. The number of amidine groups is 1. The van der Waals surface area contributed by atoms with Gasteiger partial charge in [-0.05, 0) is 42.8 Å². The summed E-state index contributed by atoms with van der Waals surface area (Å²) >= 11 is 5.95. The van der Waals surface area contributed by atoms with Gasteiger partial charge in [0.25, 0.3) is 15.9 Å². The predicted octanol–water partition coefficient (Wildman–Crippen LogP) is 3.07. The second kappa shape index (κ2) is 7.98. The quantitative estimate of drug-likeness (QED) is 0.795. The number of nitrogens with zero attached hydrogens (tertiary/aromatic N) is 1. The molecule has 7 nitrogen and oxygen atoms in total. The van der Waals surface area contributed by atoms with E-state index in [0.717, 1.165) is 6.42 Å². The average molecular weight is 408 g/mol. The molecular formula is C18H18ClN3O4S. The topological polar surface area (TPSA) is 96.9 Å². The first kappa shape index (κ1) is 19.2. The second-order valence-corrected chi connectivity index (χ2v) is 7.98. The summed E-state index contributed by atoms with van der Waals surface area (Å²) in [7, 11) is -2.32. The zero-order valence-corrected chi connectivity index (χ0v) is 16.1. The highest BCUT2D eigenvalue weighted by Crippen LogP contribution is 2.24. The van der Waals surface area contributed by atoms with Gasteiger partial charge in [0.05, 0.1) is 17.6 Å². The number of hydrogen-bond donors (Lipinski definition) is 2. The molecule has 1 heterocycles. The summed E-state index contributed by atoms with van der Waals surface area (Å²) in [6.07, 6.45) is 1.43. The van der Waals surface area contributed by atoms with Crippen molar-refractivity contribution in [2.24, 2.45) is 4.99 Å². The molecule has 1 amide bonds. The zero-order chi connectivity index (χ0) is 19.4. The number of carbonyl (C=O) groups is 1. The van der Waals surface area contributed by atoms with Gasteiger partial charge in [-0.25, -0.2) is 8.42 Å². The Morgan fingerprint density at radius 1 is 1.22 bits per heavy atom. The maximum absolute atomic E-state index is 12.6. The maximum Gasteiger partial charge on any atom is 0.262 e. The van der Waals surface area contributed by atoms with Crippen molar-refractivity contribution in [1.82, 2.24) is 4.72 Å². The lowest BCUT2D eigenvalue weighted by molar-refractivity contribution is 0.102. The number of sulfonamides is 1. The van der Waals surface area contributed by atoms with E-state index in [1.54, 1.807) is 24.3 Å². The monoisotopic (exact) mass is 407 g/mol.